The molecule has 0 heteroatoms. The van der Waals surface area contributed by atoms with Crippen molar-refractivity contribution in [2.24, 2.45) is 23.7 Å². The molecule has 0 bridgehead atoms. The monoisotopic (exact) mass is 182 g/mol. The van der Waals surface area contributed by atoms with Crippen molar-refractivity contribution in [3.8, 4) is 0 Å². The molecule has 0 heterocycles. The fourth-order valence-corrected chi connectivity index (χ4v) is 3.48. The molecule has 0 spiro atoms. The van der Waals surface area contributed by atoms with E-state index in [1.165, 1.54) is 32.1 Å². The van der Waals surface area contributed by atoms with Gasteiger partial charge in [0.15, 0.2) is 0 Å². The minimum atomic E-state index is 0.965. The van der Waals surface area contributed by atoms with Gasteiger partial charge in [-0.05, 0) is 30.1 Å². The Morgan fingerprint density at radius 3 is 2.46 bits per heavy atom. The SMILES string of the molecule is CCCC(C)C1C(C)CCC1CC. The third kappa shape index (κ3) is 2.48. The minimum Gasteiger partial charge on any atom is -0.0654 e. The van der Waals surface area contributed by atoms with Crippen molar-refractivity contribution in [3.63, 3.8) is 0 Å². The second-order valence-electron chi connectivity index (χ2n) is 5.07. The first-order valence-electron chi connectivity index (χ1n) is 6.20. The summed E-state index contributed by atoms with van der Waals surface area (Å²) in [5.74, 6) is 4.03. The normalized spacial score (nSPS) is 36.5. The molecule has 0 saturated heterocycles. The van der Waals surface area contributed by atoms with Gasteiger partial charge in [-0.15, -0.1) is 0 Å². The van der Waals surface area contributed by atoms with Crippen molar-refractivity contribution in [2.75, 3.05) is 0 Å². The molecule has 1 aliphatic carbocycles. The summed E-state index contributed by atoms with van der Waals surface area (Å²) in [6.07, 6.45) is 7.18. The highest BCUT2D eigenvalue weighted by Gasteiger charge is 2.34. The molecule has 1 aliphatic rings. The third-order valence-electron chi connectivity index (χ3n) is 4.12. The van der Waals surface area contributed by atoms with Crippen molar-refractivity contribution in [2.45, 2.75) is 59.8 Å². The van der Waals surface area contributed by atoms with E-state index in [2.05, 4.69) is 27.7 Å². The summed E-state index contributed by atoms with van der Waals surface area (Å²) < 4.78 is 0. The number of rotatable bonds is 4. The lowest BCUT2D eigenvalue weighted by Crippen LogP contribution is -2.20. The van der Waals surface area contributed by atoms with Crippen LogP contribution in [0.2, 0.25) is 0 Å². The highest BCUT2D eigenvalue weighted by Crippen LogP contribution is 2.44. The zero-order valence-electron chi connectivity index (χ0n) is 9.84. The van der Waals surface area contributed by atoms with Gasteiger partial charge in [-0.25, -0.2) is 0 Å². The Bertz CT molecular complexity index is 139. The zero-order chi connectivity index (χ0) is 9.84. The summed E-state index contributed by atoms with van der Waals surface area (Å²) in [4.78, 5) is 0. The van der Waals surface area contributed by atoms with E-state index in [0.29, 0.717) is 0 Å². The average molecular weight is 182 g/mol. The van der Waals surface area contributed by atoms with Gasteiger partial charge in [-0.3, -0.25) is 0 Å². The van der Waals surface area contributed by atoms with Crippen molar-refractivity contribution in [1.82, 2.24) is 0 Å². The Hall–Kier alpha value is 0. The van der Waals surface area contributed by atoms with Gasteiger partial charge in [0, 0.05) is 0 Å². The summed E-state index contributed by atoms with van der Waals surface area (Å²) in [6.45, 7) is 9.62. The van der Waals surface area contributed by atoms with Gasteiger partial charge in [0.1, 0.15) is 0 Å². The first kappa shape index (κ1) is 11.1. The van der Waals surface area contributed by atoms with Crippen LogP contribution in [0.5, 0.6) is 0 Å². The molecule has 0 aliphatic heterocycles. The molecule has 0 aromatic heterocycles. The Morgan fingerprint density at radius 1 is 1.23 bits per heavy atom. The van der Waals surface area contributed by atoms with Crippen LogP contribution in [0.15, 0.2) is 0 Å². The van der Waals surface area contributed by atoms with Gasteiger partial charge in [0.2, 0.25) is 0 Å². The van der Waals surface area contributed by atoms with E-state index < -0.39 is 0 Å². The summed E-state index contributed by atoms with van der Waals surface area (Å²) in [7, 11) is 0. The van der Waals surface area contributed by atoms with Crippen LogP contribution in [0.4, 0.5) is 0 Å². The predicted molar refractivity (Wildman–Crippen MR) is 59.7 cm³/mol. The van der Waals surface area contributed by atoms with Crippen LogP contribution in [-0.2, 0) is 0 Å². The van der Waals surface area contributed by atoms with Crippen LogP contribution in [0.25, 0.3) is 0 Å². The zero-order valence-corrected chi connectivity index (χ0v) is 9.84. The van der Waals surface area contributed by atoms with E-state index in [1.807, 2.05) is 0 Å². The topological polar surface area (TPSA) is 0 Å². The van der Waals surface area contributed by atoms with Crippen LogP contribution in [-0.4, -0.2) is 0 Å². The summed E-state index contributed by atoms with van der Waals surface area (Å²) in [5, 5.41) is 0. The molecule has 0 N–H and O–H groups in total. The Morgan fingerprint density at radius 2 is 1.92 bits per heavy atom. The molecular formula is C13H26. The number of hydrogen-bond acceptors (Lipinski definition) is 0. The van der Waals surface area contributed by atoms with Gasteiger partial charge >= 0.3 is 0 Å². The van der Waals surface area contributed by atoms with Crippen LogP contribution in [0.3, 0.4) is 0 Å². The maximum absolute atomic E-state index is 2.47. The van der Waals surface area contributed by atoms with E-state index in [-0.39, 0.29) is 0 Å². The molecule has 78 valence electrons. The Kier molecular flexibility index (Phi) is 4.28. The van der Waals surface area contributed by atoms with Gasteiger partial charge in [-0.2, -0.15) is 0 Å². The molecule has 0 aromatic carbocycles. The van der Waals surface area contributed by atoms with E-state index in [4.69, 9.17) is 0 Å². The molecule has 4 unspecified atom stereocenters. The lowest BCUT2D eigenvalue weighted by molar-refractivity contribution is 0.212. The average Bonchev–Trinajstić information content (AvgIpc) is 2.47. The predicted octanol–water partition coefficient (Wildman–Crippen LogP) is 4.49. The lowest BCUT2D eigenvalue weighted by atomic mass is 9.77. The molecule has 4 atom stereocenters. The molecule has 0 nitrogen and oxygen atoms in total. The largest absolute Gasteiger partial charge is 0.0654 e. The molecule has 13 heavy (non-hydrogen) atoms. The number of hydrogen-bond donors (Lipinski definition) is 0. The van der Waals surface area contributed by atoms with Gasteiger partial charge in [-0.1, -0.05) is 53.4 Å². The van der Waals surface area contributed by atoms with E-state index in [9.17, 15) is 0 Å². The van der Waals surface area contributed by atoms with Crippen LogP contribution in [0, 0.1) is 23.7 Å². The lowest BCUT2D eigenvalue weighted by Gasteiger charge is -2.28. The fraction of sp³-hybridized carbons (Fsp3) is 1.00. The van der Waals surface area contributed by atoms with Crippen molar-refractivity contribution in [1.29, 1.82) is 0 Å². The molecule has 0 radical (unpaired) electrons. The highest BCUT2D eigenvalue weighted by atomic mass is 14.4. The van der Waals surface area contributed by atoms with Gasteiger partial charge in [0.05, 0.1) is 0 Å². The second kappa shape index (κ2) is 5.02. The summed E-state index contributed by atoms with van der Waals surface area (Å²) >= 11 is 0. The van der Waals surface area contributed by atoms with Crippen LogP contribution in [0.1, 0.15) is 59.8 Å². The molecule has 1 rings (SSSR count). The molecule has 0 amide bonds. The van der Waals surface area contributed by atoms with E-state index >= 15 is 0 Å². The van der Waals surface area contributed by atoms with Crippen molar-refractivity contribution >= 4 is 0 Å². The van der Waals surface area contributed by atoms with Crippen molar-refractivity contribution in [3.05, 3.63) is 0 Å². The molecule has 1 fully saturated rings. The van der Waals surface area contributed by atoms with Gasteiger partial charge in [0.25, 0.3) is 0 Å². The Balaban J connectivity index is 2.52. The highest BCUT2D eigenvalue weighted by molar-refractivity contribution is 4.84. The van der Waals surface area contributed by atoms with Crippen LogP contribution < -0.4 is 0 Å². The molecular weight excluding hydrogens is 156 g/mol. The first-order chi connectivity index (χ1) is 6.20. The summed E-state index contributed by atoms with van der Waals surface area (Å²) in [6, 6.07) is 0. The quantitative estimate of drug-likeness (QED) is 0.600. The first-order valence-corrected chi connectivity index (χ1v) is 6.20. The van der Waals surface area contributed by atoms with Gasteiger partial charge < -0.3 is 0 Å². The van der Waals surface area contributed by atoms with E-state index in [0.717, 1.165) is 23.7 Å². The van der Waals surface area contributed by atoms with E-state index in [1.54, 1.807) is 0 Å². The third-order valence-corrected chi connectivity index (χ3v) is 4.12. The fourth-order valence-electron chi connectivity index (χ4n) is 3.48. The second-order valence-corrected chi connectivity index (χ2v) is 5.07. The van der Waals surface area contributed by atoms with Crippen LogP contribution >= 0.6 is 0 Å². The Labute approximate surface area is 84.1 Å². The minimum absolute atomic E-state index is 0.965. The maximum Gasteiger partial charge on any atom is -0.0334 e. The maximum atomic E-state index is 2.47. The molecule has 0 aromatic rings. The van der Waals surface area contributed by atoms with Crippen molar-refractivity contribution < 1.29 is 0 Å². The smallest absolute Gasteiger partial charge is 0.0334 e. The summed E-state index contributed by atoms with van der Waals surface area (Å²) in [5.41, 5.74) is 0. The molecule has 1 saturated carbocycles. The standard InChI is InChI=1S/C13H26/c1-5-7-10(3)13-11(4)8-9-12(13)6-2/h10-13H,5-9H2,1-4H3.